The molecule has 3 saturated heterocycles. The second-order valence-corrected chi connectivity index (χ2v) is 10.8. The maximum absolute atomic E-state index is 14.5. The second kappa shape index (κ2) is 9.46. The van der Waals surface area contributed by atoms with Crippen LogP contribution in [0.4, 0.5) is 0 Å². The van der Waals surface area contributed by atoms with Crippen LogP contribution in [0.1, 0.15) is 34.1 Å². The normalized spacial score (nSPS) is 32.4. The summed E-state index contributed by atoms with van der Waals surface area (Å²) in [4.78, 5) is 44.7. The van der Waals surface area contributed by atoms with Gasteiger partial charge in [-0.3, -0.25) is 14.4 Å². The summed E-state index contributed by atoms with van der Waals surface area (Å²) in [6.45, 7) is 11.1. The van der Waals surface area contributed by atoms with Crippen LogP contribution in [-0.2, 0) is 30.5 Å². The van der Waals surface area contributed by atoms with E-state index in [0.717, 1.165) is 5.52 Å². The van der Waals surface area contributed by atoms with E-state index in [1.54, 1.807) is 29.5 Å². The van der Waals surface area contributed by atoms with Gasteiger partial charge in [-0.1, -0.05) is 30.3 Å². The number of para-hydroxylation sites is 1. The van der Waals surface area contributed by atoms with Crippen molar-refractivity contribution in [1.82, 2.24) is 24.8 Å². The van der Waals surface area contributed by atoms with E-state index < -0.39 is 41.1 Å². The van der Waals surface area contributed by atoms with Gasteiger partial charge in [0.1, 0.15) is 29.7 Å². The average molecular weight is 526 g/mol. The summed E-state index contributed by atoms with van der Waals surface area (Å²) < 4.78 is 13.7. The Morgan fingerprint density at radius 1 is 1.39 bits per heavy atom. The lowest BCUT2D eigenvalue weighted by Crippen LogP contribution is -2.58. The van der Waals surface area contributed by atoms with Crippen LogP contribution in [0.15, 0.2) is 36.9 Å². The van der Waals surface area contributed by atoms with E-state index in [1.165, 1.54) is 4.90 Å². The molecule has 1 spiro atoms. The van der Waals surface area contributed by atoms with E-state index in [1.807, 2.05) is 38.1 Å². The number of amides is 2. The molecule has 11 nitrogen and oxygen atoms in total. The third-order valence-corrected chi connectivity index (χ3v) is 8.65. The number of hydrogen-bond donors (Lipinski definition) is 1. The van der Waals surface area contributed by atoms with Gasteiger partial charge >= 0.3 is 5.97 Å². The van der Waals surface area contributed by atoms with Gasteiger partial charge in [0.15, 0.2) is 0 Å². The number of fused-ring (bicyclic) bond motifs is 2. The molecule has 5 rings (SSSR count). The van der Waals surface area contributed by atoms with Crippen molar-refractivity contribution in [2.24, 2.45) is 17.8 Å². The monoisotopic (exact) mass is 525 g/mol. The van der Waals surface area contributed by atoms with Crippen LogP contribution < -0.4 is 0 Å². The number of carbonyl (C=O) groups is 3. The number of aliphatic hydroxyl groups excluding tert-OH is 1. The molecule has 11 heteroatoms. The topological polar surface area (TPSA) is 127 Å². The first-order valence-corrected chi connectivity index (χ1v) is 13.1. The quantitative estimate of drug-likeness (QED) is 0.384. The number of aromatic nitrogens is 3. The number of ether oxygens (including phenoxy) is 2. The Bertz CT molecular complexity index is 1280. The fourth-order valence-electron chi connectivity index (χ4n) is 6.84. The lowest BCUT2D eigenvalue weighted by molar-refractivity contribution is -0.163. The maximum Gasteiger partial charge on any atom is 0.312 e. The Labute approximate surface area is 221 Å². The largest absolute Gasteiger partial charge is 0.466 e. The summed E-state index contributed by atoms with van der Waals surface area (Å²) in [5, 5.41) is 18.5. The number of hydrogen-bond acceptors (Lipinski definition) is 8. The molecule has 1 aromatic carbocycles. The Morgan fingerprint density at radius 3 is 2.82 bits per heavy atom. The summed E-state index contributed by atoms with van der Waals surface area (Å²) in [5.41, 5.74) is -0.728. The maximum atomic E-state index is 14.5. The van der Waals surface area contributed by atoms with Gasteiger partial charge in [-0.2, -0.15) is 0 Å². The molecule has 3 aliphatic rings. The van der Waals surface area contributed by atoms with Gasteiger partial charge in [0, 0.05) is 6.54 Å². The first kappa shape index (κ1) is 26.3. The fraction of sp³-hybridized carbons (Fsp3) is 0.593. The van der Waals surface area contributed by atoms with Gasteiger partial charge < -0.3 is 24.4 Å². The Morgan fingerprint density at radius 2 is 2.13 bits per heavy atom. The smallest absolute Gasteiger partial charge is 0.312 e. The van der Waals surface area contributed by atoms with Crippen LogP contribution in [-0.4, -0.2) is 90.7 Å². The van der Waals surface area contributed by atoms with E-state index in [4.69, 9.17) is 9.47 Å². The van der Waals surface area contributed by atoms with E-state index in [2.05, 4.69) is 16.9 Å². The predicted molar refractivity (Wildman–Crippen MR) is 136 cm³/mol. The van der Waals surface area contributed by atoms with Crippen LogP contribution in [0.5, 0.6) is 0 Å². The third kappa shape index (κ3) is 3.59. The van der Waals surface area contributed by atoms with E-state index in [0.29, 0.717) is 11.9 Å². The zero-order chi connectivity index (χ0) is 27.4. The van der Waals surface area contributed by atoms with Crippen molar-refractivity contribution in [3.05, 3.63) is 36.9 Å². The van der Waals surface area contributed by atoms with Crippen LogP contribution in [0.25, 0.3) is 11.0 Å². The molecule has 4 heterocycles. The summed E-state index contributed by atoms with van der Waals surface area (Å²) in [6.07, 6.45) is 2.04. The molecule has 3 fully saturated rings. The molecule has 1 N–H and O–H groups in total. The summed E-state index contributed by atoms with van der Waals surface area (Å²) in [5.74, 6) is -3.07. The van der Waals surface area contributed by atoms with Crippen LogP contribution in [0.3, 0.4) is 0 Å². The van der Waals surface area contributed by atoms with Gasteiger partial charge in [0.05, 0.1) is 36.3 Å². The molecule has 0 radical (unpaired) electrons. The van der Waals surface area contributed by atoms with Crippen molar-refractivity contribution in [1.29, 1.82) is 0 Å². The summed E-state index contributed by atoms with van der Waals surface area (Å²) in [6, 6.07) is 5.73. The number of likely N-dealkylation sites (tertiary alicyclic amines) is 1. The molecule has 204 valence electrons. The van der Waals surface area contributed by atoms with Crippen molar-refractivity contribution in [2.45, 2.75) is 64.1 Å². The Hall–Kier alpha value is -3.31. The number of esters is 1. The van der Waals surface area contributed by atoms with Crippen molar-refractivity contribution < 1.29 is 29.0 Å². The minimum Gasteiger partial charge on any atom is -0.466 e. The lowest BCUT2D eigenvalue weighted by atomic mass is 9.62. The van der Waals surface area contributed by atoms with E-state index >= 15 is 0 Å². The first-order valence-electron chi connectivity index (χ1n) is 13.1. The molecule has 2 aromatic rings. The number of aliphatic hydroxyl groups is 1. The van der Waals surface area contributed by atoms with Gasteiger partial charge in [-0.25, -0.2) is 4.68 Å². The van der Waals surface area contributed by atoms with Crippen molar-refractivity contribution >= 4 is 28.8 Å². The highest BCUT2D eigenvalue weighted by atomic mass is 16.6. The molecule has 0 saturated carbocycles. The molecule has 3 unspecified atom stereocenters. The molecular formula is C27H35N5O6. The number of nitrogens with zero attached hydrogens (tertiary/aromatic N) is 5. The molecule has 1 aromatic heterocycles. The molecule has 7 atom stereocenters. The van der Waals surface area contributed by atoms with Gasteiger partial charge in [0.2, 0.25) is 11.8 Å². The fourth-order valence-corrected chi connectivity index (χ4v) is 6.84. The second-order valence-electron chi connectivity index (χ2n) is 10.8. The number of benzene rings is 1. The van der Waals surface area contributed by atoms with E-state index in [9.17, 15) is 19.5 Å². The van der Waals surface area contributed by atoms with Gasteiger partial charge in [-0.05, 0) is 45.2 Å². The highest BCUT2D eigenvalue weighted by Crippen LogP contribution is 2.65. The zero-order valence-electron chi connectivity index (χ0n) is 22.2. The SMILES string of the molecule is C=CCN(Cn1nnc2ccccc21)C(=O)C1N([C@H](C)CO)C(=O)[C@@H]2[C@@H](C(=O)OCC)[C@]3(C)OC12CC3C. The molecule has 2 amide bonds. The minimum absolute atomic E-state index is 0.0757. The number of carbonyl (C=O) groups excluding carboxylic acids is 3. The van der Waals surface area contributed by atoms with Crippen LogP contribution in [0, 0.1) is 17.8 Å². The van der Waals surface area contributed by atoms with E-state index in [-0.39, 0.29) is 44.2 Å². The van der Waals surface area contributed by atoms with Crippen molar-refractivity contribution in [2.75, 3.05) is 19.8 Å². The third-order valence-electron chi connectivity index (χ3n) is 8.65. The Kier molecular flexibility index (Phi) is 6.55. The standard InChI is InChI=1S/C27H35N5O6/c1-6-12-30(15-31-19-11-9-8-10-18(19)28-29-31)24(35)22-27-13-16(3)26(5,38-27)21(25(36)37-7-2)20(27)23(34)32(22)17(4)14-33/h6,8-11,16-17,20-22,33H,1,7,12-15H2,2-5H3/t16?,17-,20+,21+,22?,26-,27?/m1/s1. The van der Waals surface area contributed by atoms with Crippen molar-refractivity contribution in [3.63, 3.8) is 0 Å². The van der Waals surface area contributed by atoms with Crippen molar-refractivity contribution in [3.8, 4) is 0 Å². The molecule has 0 aliphatic carbocycles. The average Bonchev–Trinajstić information content (AvgIpc) is 3.56. The van der Waals surface area contributed by atoms with Gasteiger partial charge in [-0.15, -0.1) is 11.7 Å². The lowest BCUT2D eigenvalue weighted by Gasteiger charge is -2.38. The van der Waals surface area contributed by atoms with Gasteiger partial charge in [0.25, 0.3) is 0 Å². The first-order chi connectivity index (χ1) is 18.1. The molecule has 3 aliphatic heterocycles. The number of rotatable bonds is 9. The van der Waals surface area contributed by atoms with Crippen LogP contribution in [0.2, 0.25) is 0 Å². The summed E-state index contributed by atoms with van der Waals surface area (Å²) in [7, 11) is 0. The molecular weight excluding hydrogens is 490 g/mol. The Balaban J connectivity index is 1.58. The zero-order valence-corrected chi connectivity index (χ0v) is 22.2. The molecule has 38 heavy (non-hydrogen) atoms. The highest BCUT2D eigenvalue weighted by molar-refractivity contribution is 5.98. The highest BCUT2D eigenvalue weighted by Gasteiger charge is 2.80. The minimum atomic E-state index is -1.23. The molecule has 2 bridgehead atoms. The van der Waals surface area contributed by atoms with Crippen LogP contribution >= 0.6 is 0 Å². The summed E-state index contributed by atoms with van der Waals surface area (Å²) >= 11 is 0. The predicted octanol–water partition coefficient (Wildman–Crippen LogP) is 1.36.